The van der Waals surface area contributed by atoms with Crippen molar-refractivity contribution in [2.24, 2.45) is 11.8 Å². The van der Waals surface area contributed by atoms with Crippen molar-refractivity contribution >= 4 is 28.8 Å². The van der Waals surface area contributed by atoms with E-state index in [2.05, 4.69) is 5.32 Å². The minimum atomic E-state index is 0.0233. The summed E-state index contributed by atoms with van der Waals surface area (Å²) in [5, 5.41) is 3.00. The molecule has 106 valence electrons. The number of amides is 2. The van der Waals surface area contributed by atoms with E-state index in [1.165, 1.54) is 17.7 Å². The summed E-state index contributed by atoms with van der Waals surface area (Å²) in [4.78, 5) is 28.1. The molecule has 0 spiro atoms. The molecule has 1 aromatic rings. The fraction of sp³-hybridized carbons (Fsp3) is 0.600. The highest BCUT2D eigenvalue weighted by Gasteiger charge is 2.37. The van der Waals surface area contributed by atoms with Gasteiger partial charge in [-0.25, -0.2) is 0 Å². The minimum Gasteiger partial charge on any atom is -0.351 e. The molecule has 0 saturated heterocycles. The SMILES string of the molecule is O=C(NCC1CC1)c1cc2c(s1)CCN2C(=O)C1CC1. The van der Waals surface area contributed by atoms with E-state index in [1.807, 2.05) is 11.0 Å². The van der Waals surface area contributed by atoms with Crippen molar-refractivity contribution in [3.8, 4) is 0 Å². The van der Waals surface area contributed by atoms with Gasteiger partial charge < -0.3 is 10.2 Å². The number of hydrogen-bond acceptors (Lipinski definition) is 3. The lowest BCUT2D eigenvalue weighted by Gasteiger charge is -2.15. The molecule has 2 fully saturated rings. The van der Waals surface area contributed by atoms with Crippen molar-refractivity contribution in [1.82, 2.24) is 5.32 Å². The molecule has 2 aliphatic carbocycles. The van der Waals surface area contributed by atoms with Gasteiger partial charge in [-0.05, 0) is 37.7 Å². The molecule has 2 heterocycles. The Hall–Kier alpha value is -1.36. The molecule has 0 bridgehead atoms. The van der Waals surface area contributed by atoms with Crippen LogP contribution in [0.3, 0.4) is 0 Å². The molecule has 0 atom stereocenters. The molecule has 3 aliphatic rings. The number of nitrogens with one attached hydrogen (secondary N) is 1. The Kier molecular flexibility index (Phi) is 2.84. The van der Waals surface area contributed by atoms with Crippen LogP contribution in [0.1, 0.15) is 40.2 Å². The molecule has 0 aromatic carbocycles. The van der Waals surface area contributed by atoms with Gasteiger partial charge in [-0.2, -0.15) is 0 Å². The number of thiophene rings is 1. The Bertz CT molecular complexity index is 572. The topological polar surface area (TPSA) is 49.4 Å². The third-order valence-electron chi connectivity index (χ3n) is 4.30. The van der Waals surface area contributed by atoms with Crippen LogP contribution in [0.4, 0.5) is 5.69 Å². The maximum Gasteiger partial charge on any atom is 0.261 e. The van der Waals surface area contributed by atoms with Gasteiger partial charge in [0.05, 0.1) is 10.6 Å². The summed E-state index contributed by atoms with van der Waals surface area (Å²) >= 11 is 1.55. The van der Waals surface area contributed by atoms with Gasteiger partial charge in [0.25, 0.3) is 5.91 Å². The first-order valence-electron chi connectivity index (χ1n) is 7.44. The first-order valence-corrected chi connectivity index (χ1v) is 8.26. The lowest BCUT2D eigenvalue weighted by atomic mass is 10.3. The zero-order valence-electron chi connectivity index (χ0n) is 11.4. The quantitative estimate of drug-likeness (QED) is 0.924. The fourth-order valence-electron chi connectivity index (χ4n) is 2.70. The molecule has 1 aromatic heterocycles. The van der Waals surface area contributed by atoms with Gasteiger partial charge in [0, 0.05) is 30.3 Å². The third kappa shape index (κ3) is 2.24. The van der Waals surface area contributed by atoms with Crippen LogP contribution in [0.25, 0.3) is 0 Å². The second-order valence-corrected chi connectivity index (χ2v) is 7.22. The highest BCUT2D eigenvalue weighted by molar-refractivity contribution is 7.14. The van der Waals surface area contributed by atoms with E-state index in [0.717, 1.165) is 42.9 Å². The van der Waals surface area contributed by atoms with Gasteiger partial charge in [-0.3, -0.25) is 9.59 Å². The van der Waals surface area contributed by atoms with E-state index in [0.29, 0.717) is 5.92 Å². The van der Waals surface area contributed by atoms with Gasteiger partial charge in [-0.15, -0.1) is 11.3 Å². The van der Waals surface area contributed by atoms with Crippen molar-refractivity contribution < 1.29 is 9.59 Å². The number of fused-ring (bicyclic) bond motifs is 1. The third-order valence-corrected chi connectivity index (χ3v) is 5.49. The van der Waals surface area contributed by atoms with Crippen LogP contribution in [0, 0.1) is 11.8 Å². The molecule has 1 N–H and O–H groups in total. The normalized spacial score (nSPS) is 20.9. The van der Waals surface area contributed by atoms with Crippen LogP contribution in [0.2, 0.25) is 0 Å². The molecule has 2 amide bonds. The number of carbonyl (C=O) groups excluding carboxylic acids is 2. The second-order valence-electron chi connectivity index (χ2n) is 6.09. The average molecular weight is 290 g/mol. The summed E-state index contributed by atoms with van der Waals surface area (Å²) in [5.74, 6) is 1.22. The zero-order valence-corrected chi connectivity index (χ0v) is 12.2. The standard InChI is InChI=1S/C15H18N2O2S/c18-14(16-8-9-1-2-9)13-7-11-12(20-13)5-6-17(11)15(19)10-3-4-10/h7,9-10H,1-6,8H2,(H,16,18). The lowest BCUT2D eigenvalue weighted by molar-refractivity contribution is -0.119. The van der Waals surface area contributed by atoms with Crippen molar-refractivity contribution in [1.29, 1.82) is 0 Å². The van der Waals surface area contributed by atoms with E-state index in [4.69, 9.17) is 0 Å². The van der Waals surface area contributed by atoms with Gasteiger partial charge in [0.15, 0.2) is 0 Å². The molecule has 1 aliphatic heterocycles. The average Bonchev–Trinajstić information content (AvgIpc) is 3.34. The minimum absolute atomic E-state index is 0.0233. The van der Waals surface area contributed by atoms with Crippen LogP contribution in [0.15, 0.2) is 6.07 Å². The molecule has 0 radical (unpaired) electrons. The van der Waals surface area contributed by atoms with E-state index >= 15 is 0 Å². The van der Waals surface area contributed by atoms with Crippen molar-refractivity contribution in [2.45, 2.75) is 32.1 Å². The summed E-state index contributed by atoms with van der Waals surface area (Å²) in [5.41, 5.74) is 0.989. The van der Waals surface area contributed by atoms with Gasteiger partial charge in [0.2, 0.25) is 5.91 Å². The van der Waals surface area contributed by atoms with Crippen molar-refractivity contribution in [2.75, 3.05) is 18.0 Å². The summed E-state index contributed by atoms with van der Waals surface area (Å²) in [6.07, 6.45) is 5.44. The Morgan fingerprint density at radius 2 is 2.10 bits per heavy atom. The van der Waals surface area contributed by atoms with Crippen LogP contribution in [-0.4, -0.2) is 24.9 Å². The van der Waals surface area contributed by atoms with Crippen LogP contribution in [0.5, 0.6) is 0 Å². The summed E-state index contributed by atoms with van der Waals surface area (Å²) in [7, 11) is 0. The molecular formula is C15H18N2O2S. The Labute approximate surface area is 122 Å². The maximum atomic E-state index is 12.2. The van der Waals surface area contributed by atoms with Crippen LogP contribution >= 0.6 is 11.3 Å². The summed E-state index contributed by atoms with van der Waals surface area (Å²) in [6, 6.07) is 1.91. The zero-order chi connectivity index (χ0) is 13.7. The van der Waals surface area contributed by atoms with Gasteiger partial charge >= 0.3 is 0 Å². The molecule has 4 rings (SSSR count). The largest absolute Gasteiger partial charge is 0.351 e. The number of rotatable bonds is 4. The highest BCUT2D eigenvalue weighted by Crippen LogP contribution is 2.40. The highest BCUT2D eigenvalue weighted by atomic mass is 32.1. The molecule has 5 heteroatoms. The van der Waals surface area contributed by atoms with E-state index < -0.39 is 0 Å². The van der Waals surface area contributed by atoms with E-state index in [1.54, 1.807) is 11.3 Å². The van der Waals surface area contributed by atoms with Gasteiger partial charge in [0.1, 0.15) is 0 Å². The van der Waals surface area contributed by atoms with E-state index in [9.17, 15) is 9.59 Å². The Balaban J connectivity index is 1.48. The van der Waals surface area contributed by atoms with Crippen molar-refractivity contribution in [3.05, 3.63) is 15.8 Å². The summed E-state index contributed by atoms with van der Waals surface area (Å²) < 4.78 is 0. The molecule has 4 nitrogen and oxygen atoms in total. The molecule has 0 unspecified atom stereocenters. The first kappa shape index (κ1) is 12.4. The molecular weight excluding hydrogens is 272 g/mol. The van der Waals surface area contributed by atoms with Crippen LogP contribution in [-0.2, 0) is 11.2 Å². The number of anilines is 1. The first-order chi connectivity index (χ1) is 9.72. The fourth-order valence-corrected chi connectivity index (χ4v) is 3.77. The molecule has 2 saturated carbocycles. The number of nitrogens with zero attached hydrogens (tertiary/aromatic N) is 1. The monoisotopic (exact) mass is 290 g/mol. The Morgan fingerprint density at radius 3 is 2.80 bits per heavy atom. The number of hydrogen-bond donors (Lipinski definition) is 1. The van der Waals surface area contributed by atoms with Gasteiger partial charge in [-0.1, -0.05) is 0 Å². The smallest absolute Gasteiger partial charge is 0.261 e. The lowest BCUT2D eigenvalue weighted by Crippen LogP contribution is -2.30. The van der Waals surface area contributed by atoms with Crippen LogP contribution < -0.4 is 10.2 Å². The molecule has 20 heavy (non-hydrogen) atoms. The Morgan fingerprint density at radius 1 is 1.30 bits per heavy atom. The predicted octanol–water partition coefficient (Wildman–Crippen LogP) is 2.19. The van der Waals surface area contributed by atoms with Crippen molar-refractivity contribution in [3.63, 3.8) is 0 Å². The number of carbonyl (C=O) groups is 2. The second kappa shape index (κ2) is 4.58. The predicted molar refractivity (Wildman–Crippen MR) is 78.2 cm³/mol. The van der Waals surface area contributed by atoms with E-state index in [-0.39, 0.29) is 17.7 Å². The maximum absolute atomic E-state index is 12.2. The summed E-state index contributed by atoms with van der Waals surface area (Å²) in [6.45, 7) is 1.59.